The summed E-state index contributed by atoms with van der Waals surface area (Å²) in [6.07, 6.45) is 0. The third kappa shape index (κ3) is 1.34. The molecule has 2 aromatic carbocycles. The molecule has 2 N–H and O–H groups in total. The predicted octanol–water partition coefficient (Wildman–Crippen LogP) is 2.40. The van der Waals surface area contributed by atoms with Crippen LogP contribution in [-0.2, 0) is 7.05 Å². The number of aromatic hydroxyl groups is 1. The van der Waals surface area contributed by atoms with E-state index >= 15 is 0 Å². The average Bonchev–Trinajstić information content (AvgIpc) is 2.79. The zero-order chi connectivity index (χ0) is 13.0. The molecule has 0 bridgehead atoms. The average molecular weight is 250 g/mol. The van der Waals surface area contributed by atoms with Gasteiger partial charge in [0.2, 0.25) is 0 Å². The molecule has 19 heavy (non-hydrogen) atoms. The minimum atomic E-state index is 0.250. The Morgan fingerprint density at radius 1 is 1.16 bits per heavy atom. The number of rotatable bonds is 0. The van der Waals surface area contributed by atoms with Gasteiger partial charge in [-0.3, -0.25) is 0 Å². The number of aryl methyl sites for hydroxylation is 1. The number of H-pyrrole nitrogens is 1. The van der Waals surface area contributed by atoms with Gasteiger partial charge in [0, 0.05) is 6.07 Å². The second-order valence-electron chi connectivity index (χ2n) is 4.71. The molecule has 0 atom stereocenters. The lowest BCUT2D eigenvalue weighted by molar-refractivity contribution is -0.619. The van der Waals surface area contributed by atoms with Crippen LogP contribution in [0.15, 0.2) is 42.5 Å². The minimum Gasteiger partial charge on any atom is -0.508 e. The van der Waals surface area contributed by atoms with Gasteiger partial charge in [0.15, 0.2) is 11.0 Å². The van der Waals surface area contributed by atoms with E-state index in [0.29, 0.717) is 0 Å². The maximum Gasteiger partial charge on any atom is 0.306 e. The summed E-state index contributed by atoms with van der Waals surface area (Å²) in [5.74, 6) is 0.250. The summed E-state index contributed by atoms with van der Waals surface area (Å²) in [7, 11) is 1.97. The normalized spacial score (nSPS) is 11.6. The Kier molecular flexibility index (Phi) is 1.87. The molecule has 0 spiro atoms. The Morgan fingerprint density at radius 3 is 2.89 bits per heavy atom. The van der Waals surface area contributed by atoms with Crippen LogP contribution in [0, 0.1) is 0 Å². The number of hydrogen-bond acceptors (Lipinski definition) is 2. The van der Waals surface area contributed by atoms with Crippen LogP contribution in [0.1, 0.15) is 0 Å². The monoisotopic (exact) mass is 250 g/mol. The van der Waals surface area contributed by atoms with Crippen molar-refractivity contribution in [3.63, 3.8) is 0 Å². The van der Waals surface area contributed by atoms with Crippen LogP contribution in [0.25, 0.3) is 33.1 Å². The summed E-state index contributed by atoms with van der Waals surface area (Å²) in [5, 5.41) is 10.7. The molecular weight excluding hydrogens is 238 g/mol. The van der Waals surface area contributed by atoms with Gasteiger partial charge in [0.1, 0.15) is 16.8 Å². The standard InChI is InChI=1S/C15H11N3O/c1-18-13-8-9(19)6-7-12(13)16-14-10-4-2-3-5-11(10)17-15(14)18/h2-8H,1H3,(H,17,19)/p+1. The molecule has 0 unspecified atom stereocenters. The molecule has 4 rings (SSSR count). The smallest absolute Gasteiger partial charge is 0.306 e. The van der Waals surface area contributed by atoms with Crippen molar-refractivity contribution < 1.29 is 9.67 Å². The van der Waals surface area contributed by atoms with E-state index in [9.17, 15) is 5.11 Å². The fourth-order valence-electron chi connectivity index (χ4n) is 2.58. The number of benzene rings is 2. The van der Waals surface area contributed by atoms with Gasteiger partial charge in [0.25, 0.3) is 0 Å². The summed E-state index contributed by atoms with van der Waals surface area (Å²) in [6.45, 7) is 0. The quantitative estimate of drug-likeness (QED) is 0.471. The van der Waals surface area contributed by atoms with Gasteiger partial charge in [-0.1, -0.05) is 12.1 Å². The third-order valence-electron chi connectivity index (χ3n) is 3.55. The fourth-order valence-corrected chi connectivity index (χ4v) is 2.58. The molecule has 0 radical (unpaired) electrons. The topological polar surface area (TPSA) is 52.8 Å². The van der Waals surface area contributed by atoms with E-state index in [1.807, 2.05) is 35.9 Å². The van der Waals surface area contributed by atoms with Gasteiger partial charge >= 0.3 is 5.65 Å². The lowest BCUT2D eigenvalue weighted by atomic mass is 10.2. The molecule has 0 saturated carbocycles. The number of fused-ring (bicyclic) bond motifs is 4. The Labute approximate surface area is 108 Å². The molecular formula is C15H12N3O+. The first-order valence-electron chi connectivity index (χ1n) is 6.13. The summed E-state index contributed by atoms with van der Waals surface area (Å²) in [5.41, 5.74) is 4.76. The van der Waals surface area contributed by atoms with Gasteiger partial charge < -0.3 is 5.11 Å². The molecule has 4 aromatic rings. The van der Waals surface area contributed by atoms with Crippen molar-refractivity contribution in [3.8, 4) is 5.75 Å². The van der Waals surface area contributed by atoms with Crippen LogP contribution in [0.2, 0.25) is 0 Å². The molecule has 0 aliphatic carbocycles. The van der Waals surface area contributed by atoms with Gasteiger partial charge in [-0.15, -0.1) is 0 Å². The van der Waals surface area contributed by atoms with Crippen molar-refractivity contribution in [2.24, 2.45) is 7.05 Å². The number of aromatic amines is 1. The van der Waals surface area contributed by atoms with Gasteiger partial charge in [-0.05, 0) is 24.3 Å². The van der Waals surface area contributed by atoms with Crippen LogP contribution in [0.4, 0.5) is 0 Å². The fraction of sp³-hybridized carbons (Fsp3) is 0.0667. The number of phenolic OH excluding ortho intramolecular Hbond substituents is 1. The van der Waals surface area contributed by atoms with Crippen molar-refractivity contribution in [2.45, 2.75) is 0 Å². The molecule has 4 nitrogen and oxygen atoms in total. The molecule has 92 valence electrons. The van der Waals surface area contributed by atoms with Crippen molar-refractivity contribution in [3.05, 3.63) is 42.5 Å². The first-order valence-corrected chi connectivity index (χ1v) is 6.13. The van der Waals surface area contributed by atoms with E-state index in [2.05, 4.69) is 11.1 Å². The highest BCUT2D eigenvalue weighted by Crippen LogP contribution is 2.24. The lowest BCUT2D eigenvalue weighted by Crippen LogP contribution is -2.30. The van der Waals surface area contributed by atoms with Crippen molar-refractivity contribution in [1.82, 2.24) is 9.97 Å². The van der Waals surface area contributed by atoms with Crippen LogP contribution in [0.5, 0.6) is 5.75 Å². The number of para-hydroxylation sites is 1. The molecule has 0 saturated heterocycles. The van der Waals surface area contributed by atoms with Gasteiger partial charge in [-0.25, -0.2) is 14.5 Å². The molecule has 0 fully saturated rings. The molecule has 2 aromatic heterocycles. The third-order valence-corrected chi connectivity index (χ3v) is 3.55. The second kappa shape index (κ2) is 3.45. The first kappa shape index (κ1) is 10.3. The predicted molar refractivity (Wildman–Crippen MR) is 73.9 cm³/mol. The maximum absolute atomic E-state index is 9.62. The van der Waals surface area contributed by atoms with Crippen molar-refractivity contribution in [1.29, 1.82) is 0 Å². The van der Waals surface area contributed by atoms with E-state index in [-0.39, 0.29) is 5.75 Å². The SMILES string of the molecule is C[n+]1c2cc(O)ccc2nc2c3ccccc3[nH]c21. The zero-order valence-corrected chi connectivity index (χ0v) is 10.4. The second-order valence-corrected chi connectivity index (χ2v) is 4.71. The van der Waals surface area contributed by atoms with Crippen molar-refractivity contribution in [2.75, 3.05) is 0 Å². The summed E-state index contributed by atoms with van der Waals surface area (Å²) < 4.78 is 2.03. The summed E-state index contributed by atoms with van der Waals surface area (Å²) in [6, 6.07) is 13.4. The number of phenols is 1. The highest BCUT2D eigenvalue weighted by Gasteiger charge is 2.17. The highest BCUT2D eigenvalue weighted by molar-refractivity contribution is 6.03. The molecule has 0 aliphatic heterocycles. The van der Waals surface area contributed by atoms with Gasteiger partial charge in [-0.2, -0.15) is 0 Å². The van der Waals surface area contributed by atoms with Crippen LogP contribution in [0.3, 0.4) is 0 Å². The van der Waals surface area contributed by atoms with Crippen LogP contribution < -0.4 is 4.57 Å². The Hall–Kier alpha value is -2.62. The number of nitrogens with one attached hydrogen (secondary N) is 1. The van der Waals surface area contributed by atoms with Crippen LogP contribution in [-0.4, -0.2) is 15.1 Å². The number of nitrogens with zero attached hydrogens (tertiary/aromatic N) is 2. The maximum atomic E-state index is 9.62. The first-order chi connectivity index (χ1) is 9.24. The van der Waals surface area contributed by atoms with Crippen LogP contribution >= 0.6 is 0 Å². The highest BCUT2D eigenvalue weighted by atomic mass is 16.3. The van der Waals surface area contributed by atoms with Crippen molar-refractivity contribution >= 4 is 33.1 Å². The number of aromatic nitrogens is 3. The largest absolute Gasteiger partial charge is 0.508 e. The Balaban J connectivity index is 2.29. The Morgan fingerprint density at radius 2 is 2.00 bits per heavy atom. The van der Waals surface area contributed by atoms with E-state index in [1.165, 1.54) is 0 Å². The summed E-state index contributed by atoms with van der Waals surface area (Å²) >= 11 is 0. The molecule has 0 aliphatic rings. The Bertz CT molecular complexity index is 940. The van der Waals surface area contributed by atoms with Gasteiger partial charge in [0.05, 0.1) is 12.4 Å². The number of hydrogen-bond donors (Lipinski definition) is 2. The molecule has 0 amide bonds. The van der Waals surface area contributed by atoms with E-state index in [1.54, 1.807) is 12.1 Å². The van der Waals surface area contributed by atoms with E-state index < -0.39 is 0 Å². The lowest BCUT2D eigenvalue weighted by Gasteiger charge is -2.01. The zero-order valence-electron chi connectivity index (χ0n) is 10.4. The van der Waals surface area contributed by atoms with E-state index in [0.717, 1.165) is 33.1 Å². The van der Waals surface area contributed by atoms with E-state index in [4.69, 9.17) is 4.98 Å². The summed E-state index contributed by atoms with van der Waals surface area (Å²) in [4.78, 5) is 8.08. The molecule has 2 heterocycles. The minimum absolute atomic E-state index is 0.250. The molecule has 4 heteroatoms.